The number of aliphatic hydroxyl groups excluding tert-OH is 1. The number of fused-ring (bicyclic) bond motifs is 1. The Bertz CT molecular complexity index is 1370. The zero-order valence-electron chi connectivity index (χ0n) is 27.4. The number of aliphatic hydroxyl groups is 1. The summed E-state index contributed by atoms with van der Waals surface area (Å²) in [6.45, 7) is 10.3. The number of hydrogen-bond donors (Lipinski definition) is 3. The lowest BCUT2D eigenvalue weighted by Gasteiger charge is -2.46. The van der Waals surface area contributed by atoms with Crippen LogP contribution >= 0.6 is 0 Å². The van der Waals surface area contributed by atoms with Crippen molar-refractivity contribution < 1.29 is 52.9 Å². The second kappa shape index (κ2) is 17.1. The van der Waals surface area contributed by atoms with Gasteiger partial charge in [0, 0.05) is 30.9 Å². The summed E-state index contributed by atoms with van der Waals surface area (Å²) >= 11 is 0. The Balaban J connectivity index is 2.41. The van der Waals surface area contributed by atoms with E-state index in [9.17, 15) is 15.0 Å². The Hall–Kier alpha value is -4.01. The average Bonchev–Trinajstić information content (AvgIpc) is 3.04. The number of nitrogens with zero attached hydrogens (tertiary/aromatic N) is 1. The Labute approximate surface area is 270 Å². The van der Waals surface area contributed by atoms with Gasteiger partial charge in [-0.3, -0.25) is 4.90 Å². The molecule has 0 fully saturated rings. The molecule has 3 rings (SSSR count). The van der Waals surface area contributed by atoms with Crippen LogP contribution in [0.15, 0.2) is 37.4 Å². The molecule has 1 aliphatic rings. The van der Waals surface area contributed by atoms with Crippen molar-refractivity contribution >= 4 is 6.09 Å². The van der Waals surface area contributed by atoms with E-state index in [0.29, 0.717) is 28.2 Å². The second-order valence-corrected chi connectivity index (χ2v) is 10.6. The Kier molecular flexibility index (Phi) is 13.5. The first kappa shape index (κ1) is 36.5. The van der Waals surface area contributed by atoms with Crippen molar-refractivity contribution in [2.45, 2.75) is 44.5 Å². The van der Waals surface area contributed by atoms with Crippen molar-refractivity contribution in [1.82, 2.24) is 4.90 Å². The highest BCUT2D eigenvalue weighted by atomic mass is 16.7. The van der Waals surface area contributed by atoms with Crippen molar-refractivity contribution in [2.75, 3.05) is 61.8 Å². The monoisotopic (exact) mass is 646 g/mol. The van der Waals surface area contributed by atoms with E-state index >= 15 is 0 Å². The van der Waals surface area contributed by atoms with Crippen LogP contribution in [0.1, 0.15) is 40.0 Å². The van der Waals surface area contributed by atoms with Crippen molar-refractivity contribution in [1.29, 1.82) is 0 Å². The quantitative estimate of drug-likeness (QED) is 0.169. The highest BCUT2D eigenvalue weighted by molar-refractivity contribution is 5.72. The van der Waals surface area contributed by atoms with Crippen LogP contribution < -0.4 is 24.7 Å². The van der Waals surface area contributed by atoms with E-state index in [-0.39, 0.29) is 50.5 Å². The summed E-state index contributed by atoms with van der Waals surface area (Å²) in [7, 11) is 5.87. The number of aryl methyl sites for hydroxylation is 1. The van der Waals surface area contributed by atoms with Gasteiger partial charge in [-0.05, 0) is 37.5 Å². The molecule has 1 aliphatic heterocycles. The molecule has 2 aromatic rings. The lowest BCUT2D eigenvalue weighted by atomic mass is 9.80. The van der Waals surface area contributed by atoms with Gasteiger partial charge in [-0.2, -0.15) is 0 Å². The molecule has 0 radical (unpaired) electrons. The summed E-state index contributed by atoms with van der Waals surface area (Å²) in [5.74, 6) is 1.08. The molecule has 4 N–H and O–H groups in total. The van der Waals surface area contributed by atoms with Crippen molar-refractivity contribution in [3.63, 3.8) is 0 Å². The third-order valence-electron chi connectivity index (χ3n) is 7.67. The van der Waals surface area contributed by atoms with Gasteiger partial charge in [-0.25, -0.2) is 4.79 Å². The summed E-state index contributed by atoms with van der Waals surface area (Å²) in [5, 5.41) is 21.6. The second-order valence-electron chi connectivity index (χ2n) is 10.6. The van der Waals surface area contributed by atoms with Gasteiger partial charge in [-0.1, -0.05) is 31.4 Å². The highest BCUT2D eigenvalue weighted by Gasteiger charge is 2.47. The zero-order chi connectivity index (χ0) is 34.0. The highest BCUT2D eigenvalue weighted by Crippen LogP contribution is 2.50. The average molecular weight is 647 g/mol. The molecule has 0 aromatic heterocycles. The zero-order valence-corrected chi connectivity index (χ0v) is 27.4. The number of aromatic hydroxyl groups is 1. The molecular weight excluding hydrogens is 600 g/mol. The molecule has 0 spiro atoms. The summed E-state index contributed by atoms with van der Waals surface area (Å²) in [5.41, 5.74) is 10.1. The SMILES string of the molecule is C=CCOC(=O)N1[C@H](CO)Cc2cc(C)c(OC)c(OCC=C)c2[C@@H]1[C@@H](N)[C@H](OCOC)c1cc(O)c(OC)c(C)c1OCOC. The first-order valence-electron chi connectivity index (χ1n) is 14.6. The summed E-state index contributed by atoms with van der Waals surface area (Å²) in [6, 6.07) is 0.462. The van der Waals surface area contributed by atoms with Gasteiger partial charge in [0.1, 0.15) is 31.9 Å². The van der Waals surface area contributed by atoms with Gasteiger partial charge in [0.15, 0.2) is 29.8 Å². The molecule has 4 atom stereocenters. The molecule has 1 amide bonds. The van der Waals surface area contributed by atoms with E-state index in [1.165, 1.54) is 45.5 Å². The van der Waals surface area contributed by atoms with E-state index in [0.717, 1.165) is 11.1 Å². The third kappa shape index (κ3) is 7.51. The molecule has 13 nitrogen and oxygen atoms in total. The molecule has 254 valence electrons. The number of hydrogen-bond acceptors (Lipinski definition) is 12. The van der Waals surface area contributed by atoms with Gasteiger partial charge in [0.05, 0.1) is 39.0 Å². The smallest absolute Gasteiger partial charge is 0.410 e. The minimum Gasteiger partial charge on any atom is -0.504 e. The van der Waals surface area contributed by atoms with Crippen LogP contribution in [-0.2, 0) is 25.4 Å². The molecule has 46 heavy (non-hydrogen) atoms. The lowest BCUT2D eigenvalue weighted by Crippen LogP contribution is -2.56. The molecule has 0 saturated carbocycles. The number of carbonyl (C=O) groups is 1. The third-order valence-corrected chi connectivity index (χ3v) is 7.67. The van der Waals surface area contributed by atoms with E-state index in [1.54, 1.807) is 13.0 Å². The first-order chi connectivity index (χ1) is 22.1. The largest absolute Gasteiger partial charge is 0.504 e. The molecule has 0 saturated heterocycles. The number of nitrogens with two attached hydrogens (primary N) is 1. The van der Waals surface area contributed by atoms with Gasteiger partial charge in [0.25, 0.3) is 0 Å². The lowest BCUT2D eigenvalue weighted by molar-refractivity contribution is -0.0941. The number of phenolic OH excluding ortho intramolecular Hbond substituents is 1. The van der Waals surface area contributed by atoms with Crippen LogP contribution in [0.25, 0.3) is 0 Å². The van der Waals surface area contributed by atoms with Gasteiger partial charge in [-0.15, -0.1) is 0 Å². The number of benzene rings is 2. The molecule has 13 heteroatoms. The number of carbonyl (C=O) groups excluding carboxylic acids is 1. The number of phenols is 1. The number of methoxy groups -OCH3 is 4. The Morgan fingerprint density at radius 3 is 2.26 bits per heavy atom. The number of ether oxygens (including phenoxy) is 8. The normalized spacial score (nSPS) is 17.0. The van der Waals surface area contributed by atoms with Gasteiger partial charge < -0.3 is 53.8 Å². The summed E-state index contributed by atoms with van der Waals surface area (Å²) < 4.78 is 45.6. The minimum atomic E-state index is -1.12. The first-order valence-corrected chi connectivity index (χ1v) is 14.6. The predicted octanol–water partition coefficient (Wildman–Crippen LogP) is 3.85. The summed E-state index contributed by atoms with van der Waals surface area (Å²) in [6.07, 6.45) is 1.46. The fourth-order valence-corrected chi connectivity index (χ4v) is 5.88. The van der Waals surface area contributed by atoms with Crippen LogP contribution in [0.3, 0.4) is 0 Å². The van der Waals surface area contributed by atoms with Crippen LogP contribution in [0.5, 0.6) is 28.7 Å². The maximum absolute atomic E-state index is 13.8. The van der Waals surface area contributed by atoms with Crippen molar-refractivity contribution in [3.8, 4) is 28.7 Å². The maximum Gasteiger partial charge on any atom is 0.410 e. The minimum absolute atomic E-state index is 0.0799. The fourth-order valence-electron chi connectivity index (χ4n) is 5.88. The number of amides is 1. The fraction of sp³-hybridized carbons (Fsp3) is 0.485. The van der Waals surface area contributed by atoms with Crippen LogP contribution in [0, 0.1) is 13.8 Å². The molecule has 1 heterocycles. The van der Waals surface area contributed by atoms with Crippen molar-refractivity contribution in [3.05, 3.63) is 65.3 Å². The van der Waals surface area contributed by atoms with Gasteiger partial charge in [0.2, 0.25) is 0 Å². The molecule has 0 unspecified atom stereocenters. The van der Waals surface area contributed by atoms with E-state index < -0.39 is 36.9 Å². The predicted molar refractivity (Wildman–Crippen MR) is 170 cm³/mol. The van der Waals surface area contributed by atoms with E-state index in [2.05, 4.69) is 13.2 Å². The van der Waals surface area contributed by atoms with Gasteiger partial charge >= 0.3 is 6.09 Å². The standard InChI is InChI=1S/C33H46N2O11/c1-9-11-43-32-25-21(13-19(3)28(32)41-7)14-22(16-36)35(33(38)44-12-10-2)27(25)26(34)31(46-18-40-6)23-15-24(37)30(42-8)20(4)29(23)45-17-39-5/h9-10,13,15,22,26-27,31,36-37H,1-2,11-12,14,16-18,34H2,3-8H3/t22-,26+,27+,31+/m0/s1. The maximum atomic E-state index is 13.8. The Morgan fingerprint density at radius 1 is 1.00 bits per heavy atom. The van der Waals surface area contributed by atoms with Crippen molar-refractivity contribution in [2.24, 2.45) is 5.73 Å². The van der Waals surface area contributed by atoms with E-state index in [4.69, 9.17) is 43.6 Å². The van der Waals surface area contributed by atoms with Crippen LogP contribution in [-0.4, -0.2) is 95.1 Å². The Morgan fingerprint density at radius 2 is 1.67 bits per heavy atom. The molecule has 2 aromatic carbocycles. The summed E-state index contributed by atoms with van der Waals surface area (Å²) in [4.78, 5) is 15.2. The topological polar surface area (TPSA) is 161 Å². The molecule has 0 bridgehead atoms. The van der Waals surface area contributed by atoms with Crippen LogP contribution in [0.2, 0.25) is 0 Å². The molecular formula is C33H46N2O11. The van der Waals surface area contributed by atoms with E-state index in [1.807, 2.05) is 13.0 Å². The number of rotatable bonds is 17. The van der Waals surface area contributed by atoms with Crippen LogP contribution in [0.4, 0.5) is 4.79 Å². The molecule has 0 aliphatic carbocycles.